The summed E-state index contributed by atoms with van der Waals surface area (Å²) in [5.41, 5.74) is 1.78. The fraction of sp³-hybridized carbons (Fsp3) is 0.636. The SMILES string of the molecule is CCNC(=NCc1ccc(C(=O)NC(C)CC)cc1)NCC1CCCN1CC. The molecule has 6 heteroatoms. The van der Waals surface area contributed by atoms with Crippen LogP contribution in [0.25, 0.3) is 0 Å². The predicted octanol–water partition coefficient (Wildman–Crippen LogP) is 2.75. The zero-order chi connectivity index (χ0) is 20.4. The summed E-state index contributed by atoms with van der Waals surface area (Å²) in [5, 5.41) is 9.80. The Morgan fingerprint density at radius 3 is 2.61 bits per heavy atom. The molecular weight excluding hydrogens is 350 g/mol. The van der Waals surface area contributed by atoms with Gasteiger partial charge in [-0.25, -0.2) is 4.99 Å². The summed E-state index contributed by atoms with van der Waals surface area (Å²) in [6.07, 6.45) is 3.46. The fourth-order valence-corrected chi connectivity index (χ4v) is 3.44. The van der Waals surface area contributed by atoms with Gasteiger partial charge in [-0.1, -0.05) is 26.0 Å². The molecule has 3 N–H and O–H groups in total. The van der Waals surface area contributed by atoms with Crippen molar-refractivity contribution < 1.29 is 4.79 Å². The number of hydrogen-bond donors (Lipinski definition) is 3. The van der Waals surface area contributed by atoms with Gasteiger partial charge in [-0.3, -0.25) is 9.69 Å². The van der Waals surface area contributed by atoms with Gasteiger partial charge in [0.15, 0.2) is 5.96 Å². The maximum Gasteiger partial charge on any atom is 0.251 e. The average Bonchev–Trinajstić information content (AvgIpc) is 3.17. The summed E-state index contributed by atoms with van der Waals surface area (Å²) >= 11 is 0. The van der Waals surface area contributed by atoms with E-state index in [0.29, 0.717) is 18.2 Å². The second-order valence-corrected chi connectivity index (χ2v) is 7.48. The van der Waals surface area contributed by atoms with Crippen molar-refractivity contribution >= 4 is 11.9 Å². The highest BCUT2D eigenvalue weighted by atomic mass is 16.1. The highest BCUT2D eigenvalue weighted by Crippen LogP contribution is 2.15. The van der Waals surface area contributed by atoms with E-state index in [9.17, 15) is 4.79 Å². The maximum absolute atomic E-state index is 12.2. The topological polar surface area (TPSA) is 68.8 Å². The Morgan fingerprint density at radius 2 is 1.96 bits per heavy atom. The summed E-state index contributed by atoms with van der Waals surface area (Å²) in [4.78, 5) is 19.4. The molecule has 2 unspecified atom stereocenters. The van der Waals surface area contributed by atoms with E-state index in [0.717, 1.165) is 37.6 Å². The number of hydrogen-bond acceptors (Lipinski definition) is 3. The molecule has 2 rings (SSSR count). The van der Waals surface area contributed by atoms with Crippen LogP contribution < -0.4 is 16.0 Å². The molecular formula is C22H37N5O. The highest BCUT2D eigenvalue weighted by Gasteiger charge is 2.22. The number of likely N-dealkylation sites (tertiary alicyclic amines) is 1. The first kappa shape index (κ1) is 22.2. The van der Waals surface area contributed by atoms with Gasteiger partial charge in [0.05, 0.1) is 6.54 Å². The summed E-state index contributed by atoms with van der Waals surface area (Å²) in [6, 6.07) is 8.50. The molecule has 6 nitrogen and oxygen atoms in total. The van der Waals surface area contributed by atoms with Crippen molar-refractivity contribution in [1.82, 2.24) is 20.9 Å². The third-order valence-corrected chi connectivity index (χ3v) is 5.38. The summed E-state index contributed by atoms with van der Waals surface area (Å²) < 4.78 is 0. The molecule has 1 fully saturated rings. The molecule has 0 saturated carbocycles. The van der Waals surface area contributed by atoms with E-state index >= 15 is 0 Å². The third kappa shape index (κ3) is 6.82. The van der Waals surface area contributed by atoms with Gasteiger partial charge in [-0.15, -0.1) is 0 Å². The quantitative estimate of drug-likeness (QED) is 0.450. The van der Waals surface area contributed by atoms with E-state index in [2.05, 4.69) is 41.6 Å². The minimum atomic E-state index is -0.0172. The average molecular weight is 388 g/mol. The molecule has 1 aliphatic heterocycles. The Labute approximate surface area is 170 Å². The van der Waals surface area contributed by atoms with Gasteiger partial charge >= 0.3 is 0 Å². The van der Waals surface area contributed by atoms with E-state index in [1.165, 1.54) is 19.4 Å². The number of carbonyl (C=O) groups excluding carboxylic acids is 1. The number of nitrogens with zero attached hydrogens (tertiary/aromatic N) is 2. The molecule has 156 valence electrons. The van der Waals surface area contributed by atoms with Crippen LogP contribution in [0, 0.1) is 0 Å². The van der Waals surface area contributed by atoms with Gasteiger partial charge in [-0.2, -0.15) is 0 Å². The molecule has 0 spiro atoms. The number of amides is 1. The zero-order valence-corrected chi connectivity index (χ0v) is 17.9. The van der Waals surface area contributed by atoms with Crippen molar-refractivity contribution in [1.29, 1.82) is 0 Å². The van der Waals surface area contributed by atoms with Crippen LogP contribution in [0.2, 0.25) is 0 Å². The summed E-state index contributed by atoms with van der Waals surface area (Å²) in [7, 11) is 0. The van der Waals surface area contributed by atoms with Gasteiger partial charge in [-0.05, 0) is 63.9 Å². The van der Waals surface area contributed by atoms with Crippen molar-refractivity contribution in [3.63, 3.8) is 0 Å². The van der Waals surface area contributed by atoms with Gasteiger partial charge in [0.25, 0.3) is 5.91 Å². The summed E-state index contributed by atoms with van der Waals surface area (Å²) in [6.45, 7) is 13.0. The largest absolute Gasteiger partial charge is 0.357 e. The van der Waals surface area contributed by atoms with E-state index in [1.807, 2.05) is 31.2 Å². The highest BCUT2D eigenvalue weighted by molar-refractivity contribution is 5.94. The van der Waals surface area contributed by atoms with Crippen molar-refractivity contribution in [3.05, 3.63) is 35.4 Å². The number of aliphatic imine (C=N–C) groups is 1. The van der Waals surface area contributed by atoms with Crippen LogP contribution in [0.3, 0.4) is 0 Å². The molecule has 0 aliphatic carbocycles. The first-order chi connectivity index (χ1) is 13.6. The molecule has 2 atom stereocenters. The predicted molar refractivity (Wildman–Crippen MR) is 117 cm³/mol. The Balaban J connectivity index is 1.90. The second-order valence-electron chi connectivity index (χ2n) is 7.48. The lowest BCUT2D eigenvalue weighted by Gasteiger charge is -2.24. The maximum atomic E-state index is 12.2. The number of guanidine groups is 1. The monoisotopic (exact) mass is 387 g/mol. The standard InChI is InChI=1S/C22H37N5O/c1-5-17(4)26-21(28)19-12-10-18(11-13-19)15-24-22(23-6-2)25-16-20-9-8-14-27(20)7-3/h10-13,17,20H,5-9,14-16H2,1-4H3,(H,26,28)(H2,23,24,25). The Bertz CT molecular complexity index is 628. The van der Waals surface area contributed by atoms with E-state index in [1.54, 1.807) is 0 Å². The van der Waals surface area contributed by atoms with Crippen molar-refractivity contribution in [2.24, 2.45) is 4.99 Å². The van der Waals surface area contributed by atoms with Crippen LogP contribution in [0.15, 0.2) is 29.3 Å². The minimum Gasteiger partial charge on any atom is -0.357 e. The number of rotatable bonds is 9. The van der Waals surface area contributed by atoms with Crippen LogP contribution in [0.5, 0.6) is 0 Å². The molecule has 0 aromatic heterocycles. The smallest absolute Gasteiger partial charge is 0.251 e. The van der Waals surface area contributed by atoms with Gasteiger partial charge in [0.2, 0.25) is 0 Å². The molecule has 0 radical (unpaired) electrons. The number of likely N-dealkylation sites (N-methyl/N-ethyl adjacent to an activating group) is 1. The number of benzene rings is 1. The molecule has 0 bridgehead atoms. The molecule has 1 saturated heterocycles. The Morgan fingerprint density at radius 1 is 1.21 bits per heavy atom. The Hall–Kier alpha value is -2.08. The molecule has 1 aliphatic rings. The van der Waals surface area contributed by atoms with Crippen LogP contribution >= 0.6 is 0 Å². The van der Waals surface area contributed by atoms with Gasteiger partial charge in [0, 0.05) is 30.7 Å². The number of nitrogens with one attached hydrogen (secondary N) is 3. The lowest BCUT2D eigenvalue weighted by Crippen LogP contribution is -2.44. The van der Waals surface area contributed by atoms with E-state index in [-0.39, 0.29) is 11.9 Å². The van der Waals surface area contributed by atoms with Crippen molar-refractivity contribution in [2.45, 2.75) is 65.6 Å². The zero-order valence-electron chi connectivity index (χ0n) is 17.9. The van der Waals surface area contributed by atoms with Gasteiger partial charge in [0.1, 0.15) is 0 Å². The van der Waals surface area contributed by atoms with E-state index in [4.69, 9.17) is 4.99 Å². The first-order valence-electron chi connectivity index (χ1n) is 10.7. The van der Waals surface area contributed by atoms with Crippen molar-refractivity contribution in [2.75, 3.05) is 26.2 Å². The lowest BCUT2D eigenvalue weighted by molar-refractivity contribution is 0.0939. The van der Waals surface area contributed by atoms with Crippen LogP contribution in [0.1, 0.15) is 62.9 Å². The fourth-order valence-electron chi connectivity index (χ4n) is 3.44. The minimum absolute atomic E-state index is 0.0172. The van der Waals surface area contributed by atoms with Crippen LogP contribution in [-0.4, -0.2) is 55.0 Å². The normalized spacial score (nSPS) is 18.7. The molecule has 1 aromatic carbocycles. The second kappa shape index (κ2) is 11.7. The van der Waals surface area contributed by atoms with Gasteiger partial charge < -0.3 is 16.0 Å². The third-order valence-electron chi connectivity index (χ3n) is 5.38. The van der Waals surface area contributed by atoms with Crippen LogP contribution in [0.4, 0.5) is 0 Å². The first-order valence-corrected chi connectivity index (χ1v) is 10.7. The lowest BCUT2D eigenvalue weighted by atomic mass is 10.1. The molecule has 1 aromatic rings. The van der Waals surface area contributed by atoms with Crippen LogP contribution in [-0.2, 0) is 6.54 Å². The molecule has 28 heavy (non-hydrogen) atoms. The molecule has 1 heterocycles. The molecule has 1 amide bonds. The van der Waals surface area contributed by atoms with E-state index < -0.39 is 0 Å². The number of carbonyl (C=O) groups is 1. The summed E-state index contributed by atoms with van der Waals surface area (Å²) in [5.74, 6) is 0.834. The Kier molecular flexibility index (Phi) is 9.28. The van der Waals surface area contributed by atoms with Crippen molar-refractivity contribution in [3.8, 4) is 0 Å².